The first kappa shape index (κ1) is 12.4. The molecule has 0 fully saturated rings. The van der Waals surface area contributed by atoms with Gasteiger partial charge < -0.3 is 9.84 Å². The zero-order valence-corrected chi connectivity index (χ0v) is 9.34. The number of aryl methyl sites for hydroxylation is 1. The molecule has 0 bridgehead atoms. The van der Waals surface area contributed by atoms with Crippen molar-refractivity contribution in [1.29, 1.82) is 0 Å². The summed E-state index contributed by atoms with van der Waals surface area (Å²) in [4.78, 5) is 10.1. The van der Waals surface area contributed by atoms with E-state index in [-0.39, 0.29) is 18.2 Å². The van der Waals surface area contributed by atoms with Crippen LogP contribution in [-0.2, 0) is 0 Å². The minimum atomic E-state index is -0.457. The lowest BCUT2D eigenvalue weighted by Crippen LogP contribution is -2.12. The first-order valence-electron chi connectivity index (χ1n) is 5.03. The quantitative estimate of drug-likeness (QED) is 0.613. The largest absolute Gasteiger partial charge is 0.493 e. The molecule has 0 saturated heterocycles. The van der Waals surface area contributed by atoms with E-state index in [1.165, 1.54) is 12.1 Å². The van der Waals surface area contributed by atoms with Crippen molar-refractivity contribution >= 4 is 5.69 Å². The first-order chi connectivity index (χ1) is 7.54. The highest BCUT2D eigenvalue weighted by atomic mass is 16.6. The molecule has 0 aromatic heterocycles. The van der Waals surface area contributed by atoms with E-state index in [1.54, 1.807) is 6.07 Å². The molecule has 0 amide bonds. The topological polar surface area (TPSA) is 72.6 Å². The van der Waals surface area contributed by atoms with Gasteiger partial charge in [-0.05, 0) is 18.6 Å². The molecule has 1 unspecified atom stereocenters. The van der Waals surface area contributed by atoms with Gasteiger partial charge in [-0.2, -0.15) is 0 Å². The van der Waals surface area contributed by atoms with Crippen LogP contribution in [0.1, 0.15) is 12.5 Å². The Bertz CT molecular complexity index is 378. The lowest BCUT2D eigenvalue weighted by molar-refractivity contribution is -0.385. The third-order valence-corrected chi connectivity index (χ3v) is 2.22. The van der Waals surface area contributed by atoms with Crippen LogP contribution in [0.2, 0.25) is 0 Å². The highest BCUT2D eigenvalue weighted by Gasteiger charge is 2.10. The first-order valence-corrected chi connectivity index (χ1v) is 5.03. The van der Waals surface area contributed by atoms with E-state index >= 15 is 0 Å². The molecule has 1 atom stereocenters. The van der Waals surface area contributed by atoms with Gasteiger partial charge in [0.15, 0.2) is 0 Å². The molecule has 5 nitrogen and oxygen atoms in total. The van der Waals surface area contributed by atoms with Gasteiger partial charge in [-0.1, -0.05) is 6.92 Å². The molecule has 0 aliphatic heterocycles. The van der Waals surface area contributed by atoms with Gasteiger partial charge in [0.05, 0.1) is 17.6 Å². The smallest absolute Gasteiger partial charge is 0.273 e. The molecule has 0 heterocycles. The number of aliphatic hydroxyl groups excluding tert-OH is 1. The summed E-state index contributed by atoms with van der Waals surface area (Å²) in [6.45, 7) is 4.04. The van der Waals surface area contributed by atoms with Gasteiger partial charge in [0.25, 0.3) is 5.69 Å². The Hall–Kier alpha value is -1.62. The number of rotatable bonds is 5. The Morgan fingerprint density at radius 3 is 2.81 bits per heavy atom. The molecule has 0 saturated carbocycles. The number of non-ortho nitro benzene ring substituents is 1. The molecule has 1 rings (SSSR count). The molecule has 16 heavy (non-hydrogen) atoms. The summed E-state index contributed by atoms with van der Waals surface area (Å²) in [6, 6.07) is 4.49. The second-order valence-corrected chi connectivity index (χ2v) is 3.81. The summed E-state index contributed by atoms with van der Waals surface area (Å²) in [6.07, 6.45) is 0. The van der Waals surface area contributed by atoms with Crippen molar-refractivity contribution in [3.05, 3.63) is 33.9 Å². The van der Waals surface area contributed by atoms with E-state index in [0.29, 0.717) is 12.4 Å². The van der Waals surface area contributed by atoms with Crippen LogP contribution in [0.4, 0.5) is 5.69 Å². The van der Waals surface area contributed by atoms with Crippen LogP contribution >= 0.6 is 0 Å². The summed E-state index contributed by atoms with van der Waals surface area (Å²) in [7, 11) is 0. The van der Waals surface area contributed by atoms with Gasteiger partial charge in [-0.15, -0.1) is 0 Å². The van der Waals surface area contributed by atoms with Crippen molar-refractivity contribution in [1.82, 2.24) is 0 Å². The number of hydrogen-bond donors (Lipinski definition) is 1. The number of nitro benzene ring substituents is 1. The zero-order chi connectivity index (χ0) is 12.1. The van der Waals surface area contributed by atoms with Crippen LogP contribution in [0, 0.1) is 23.0 Å². The van der Waals surface area contributed by atoms with Gasteiger partial charge in [0.1, 0.15) is 5.75 Å². The number of nitrogens with zero attached hydrogens (tertiary/aromatic N) is 1. The van der Waals surface area contributed by atoms with E-state index in [2.05, 4.69) is 0 Å². The van der Waals surface area contributed by atoms with E-state index in [9.17, 15) is 10.1 Å². The fraction of sp³-hybridized carbons (Fsp3) is 0.455. The Balaban J connectivity index is 2.78. The van der Waals surface area contributed by atoms with E-state index in [1.807, 2.05) is 13.8 Å². The van der Waals surface area contributed by atoms with Crippen LogP contribution in [0.25, 0.3) is 0 Å². The lowest BCUT2D eigenvalue weighted by Gasteiger charge is -2.12. The molecule has 88 valence electrons. The second-order valence-electron chi connectivity index (χ2n) is 3.81. The molecule has 0 aliphatic rings. The maximum Gasteiger partial charge on any atom is 0.273 e. The summed E-state index contributed by atoms with van der Waals surface area (Å²) in [5.74, 6) is 0.508. The normalized spacial score (nSPS) is 12.2. The van der Waals surface area contributed by atoms with E-state index < -0.39 is 4.92 Å². The van der Waals surface area contributed by atoms with Gasteiger partial charge >= 0.3 is 0 Å². The summed E-state index contributed by atoms with van der Waals surface area (Å²) in [5.41, 5.74) is 0.855. The average molecular weight is 225 g/mol. The maximum atomic E-state index is 10.6. The fourth-order valence-electron chi connectivity index (χ4n) is 1.14. The summed E-state index contributed by atoms with van der Waals surface area (Å²) >= 11 is 0. The average Bonchev–Trinajstić information content (AvgIpc) is 2.27. The number of hydrogen-bond acceptors (Lipinski definition) is 4. The van der Waals surface area contributed by atoms with Gasteiger partial charge in [0, 0.05) is 18.6 Å². The molecule has 1 N–H and O–H groups in total. The number of aliphatic hydroxyl groups is 1. The summed E-state index contributed by atoms with van der Waals surface area (Å²) in [5, 5.41) is 19.4. The highest BCUT2D eigenvalue weighted by molar-refractivity contribution is 5.43. The van der Waals surface area contributed by atoms with Crippen LogP contribution in [0.5, 0.6) is 5.75 Å². The molecular formula is C11H15NO4. The Morgan fingerprint density at radius 1 is 1.56 bits per heavy atom. The number of nitro groups is 1. The molecule has 0 radical (unpaired) electrons. The number of ether oxygens (including phenoxy) is 1. The van der Waals surface area contributed by atoms with Crippen molar-refractivity contribution < 1.29 is 14.8 Å². The second kappa shape index (κ2) is 5.46. The highest BCUT2D eigenvalue weighted by Crippen LogP contribution is 2.24. The van der Waals surface area contributed by atoms with Crippen LogP contribution in [0.15, 0.2) is 18.2 Å². The standard InChI is InChI=1S/C11H15NO4/c1-8(6-13)7-16-11-5-10(12(14)15)4-3-9(11)2/h3-5,8,13H,6-7H2,1-2H3. The monoisotopic (exact) mass is 225 g/mol. The Labute approximate surface area is 93.8 Å². The number of benzene rings is 1. The Kier molecular flexibility index (Phi) is 4.25. The third kappa shape index (κ3) is 3.20. The fourth-order valence-corrected chi connectivity index (χ4v) is 1.14. The van der Waals surface area contributed by atoms with Gasteiger partial charge in [0.2, 0.25) is 0 Å². The van der Waals surface area contributed by atoms with Crippen molar-refractivity contribution in [3.63, 3.8) is 0 Å². The predicted molar refractivity (Wildman–Crippen MR) is 59.6 cm³/mol. The molecule has 0 spiro atoms. The molecule has 5 heteroatoms. The van der Waals surface area contributed by atoms with Crippen LogP contribution in [0.3, 0.4) is 0 Å². The predicted octanol–water partition coefficient (Wildman–Crippen LogP) is 1.91. The maximum absolute atomic E-state index is 10.6. The molecule has 0 aliphatic carbocycles. The minimum Gasteiger partial charge on any atom is -0.493 e. The third-order valence-electron chi connectivity index (χ3n) is 2.22. The lowest BCUT2D eigenvalue weighted by atomic mass is 10.2. The van der Waals surface area contributed by atoms with Crippen molar-refractivity contribution in [3.8, 4) is 5.75 Å². The van der Waals surface area contributed by atoms with E-state index in [0.717, 1.165) is 5.56 Å². The van der Waals surface area contributed by atoms with Crippen LogP contribution in [-0.4, -0.2) is 23.2 Å². The molecule has 1 aromatic carbocycles. The summed E-state index contributed by atoms with van der Waals surface area (Å²) < 4.78 is 5.42. The Morgan fingerprint density at radius 2 is 2.25 bits per heavy atom. The zero-order valence-electron chi connectivity index (χ0n) is 9.34. The van der Waals surface area contributed by atoms with Gasteiger partial charge in [-0.25, -0.2) is 0 Å². The van der Waals surface area contributed by atoms with Crippen molar-refractivity contribution in [2.45, 2.75) is 13.8 Å². The molecule has 1 aromatic rings. The SMILES string of the molecule is Cc1ccc([N+](=O)[O-])cc1OCC(C)CO. The molecular weight excluding hydrogens is 210 g/mol. The van der Waals surface area contributed by atoms with Crippen molar-refractivity contribution in [2.75, 3.05) is 13.2 Å². The van der Waals surface area contributed by atoms with Crippen molar-refractivity contribution in [2.24, 2.45) is 5.92 Å². The van der Waals surface area contributed by atoms with E-state index in [4.69, 9.17) is 9.84 Å². The minimum absolute atomic E-state index is 0.0113. The van der Waals surface area contributed by atoms with Crippen LogP contribution < -0.4 is 4.74 Å². The van der Waals surface area contributed by atoms with Gasteiger partial charge in [-0.3, -0.25) is 10.1 Å².